The normalized spacial score (nSPS) is 17.7. The van der Waals surface area contributed by atoms with Gasteiger partial charge in [-0.05, 0) is 68.9 Å². The molecule has 1 atom stereocenters. The third-order valence-corrected chi connectivity index (χ3v) is 8.92. The number of nitrogens with one attached hydrogen (secondary N) is 1. The van der Waals surface area contributed by atoms with Crippen molar-refractivity contribution in [1.82, 2.24) is 19.7 Å². The number of alkyl halides is 3. The highest BCUT2D eigenvalue weighted by molar-refractivity contribution is 5.87. The molecule has 1 unspecified atom stereocenters. The summed E-state index contributed by atoms with van der Waals surface area (Å²) in [4.78, 5) is 44.1. The van der Waals surface area contributed by atoms with Gasteiger partial charge in [-0.2, -0.15) is 13.2 Å². The summed E-state index contributed by atoms with van der Waals surface area (Å²) in [6.07, 6.45) is -5.17. The fourth-order valence-corrected chi connectivity index (χ4v) is 6.46. The van der Waals surface area contributed by atoms with Crippen LogP contribution in [0.25, 0.3) is 10.9 Å². The summed E-state index contributed by atoms with van der Waals surface area (Å²) in [6, 6.07) is 13.7. The molecule has 14 heteroatoms. The SMILES string of the molecule is CC(C)(C)OC(=O)N(CCc1cccc(CN2CCC3(CC2)CN(C(=O)C(F)(F)F)CCO3)c1)CC(O)c1ccc(O)c2[nH]c(=O)ccc12. The first-order valence-corrected chi connectivity index (χ1v) is 16.3. The highest BCUT2D eigenvalue weighted by Gasteiger charge is 2.48. The minimum Gasteiger partial charge on any atom is -0.506 e. The van der Waals surface area contributed by atoms with E-state index in [-0.39, 0.29) is 44.1 Å². The lowest BCUT2D eigenvalue weighted by atomic mass is 9.89. The molecule has 5 rings (SSSR count). The molecule has 0 radical (unpaired) electrons. The van der Waals surface area contributed by atoms with E-state index in [2.05, 4.69) is 9.88 Å². The van der Waals surface area contributed by atoms with Crippen LogP contribution in [0.5, 0.6) is 5.75 Å². The molecule has 2 fully saturated rings. The van der Waals surface area contributed by atoms with Crippen molar-refractivity contribution in [2.24, 2.45) is 0 Å². The largest absolute Gasteiger partial charge is 0.506 e. The molecule has 2 aromatic carbocycles. The fourth-order valence-electron chi connectivity index (χ4n) is 6.46. The predicted octanol–water partition coefficient (Wildman–Crippen LogP) is 4.50. The van der Waals surface area contributed by atoms with Gasteiger partial charge in [0.25, 0.3) is 0 Å². The van der Waals surface area contributed by atoms with E-state index in [0.29, 0.717) is 49.8 Å². The van der Waals surface area contributed by atoms with Gasteiger partial charge < -0.3 is 34.5 Å². The number of hydrogen-bond donors (Lipinski definition) is 3. The summed E-state index contributed by atoms with van der Waals surface area (Å²) in [5, 5.41) is 22.0. The van der Waals surface area contributed by atoms with Crippen molar-refractivity contribution < 1.29 is 42.4 Å². The van der Waals surface area contributed by atoms with Crippen molar-refractivity contribution in [2.45, 2.75) is 70.1 Å². The molecule has 1 aromatic heterocycles. The zero-order valence-electron chi connectivity index (χ0n) is 27.9. The maximum atomic E-state index is 13.3. The van der Waals surface area contributed by atoms with Crippen LogP contribution in [0.15, 0.2) is 53.3 Å². The molecule has 0 bridgehead atoms. The zero-order chi connectivity index (χ0) is 35.6. The average Bonchev–Trinajstić information content (AvgIpc) is 3.03. The third kappa shape index (κ3) is 9.11. The van der Waals surface area contributed by atoms with Crippen molar-refractivity contribution >= 4 is 22.9 Å². The summed E-state index contributed by atoms with van der Waals surface area (Å²) >= 11 is 0. The molecule has 3 aromatic rings. The lowest BCUT2D eigenvalue weighted by molar-refractivity contribution is -0.200. The number of halogens is 3. The molecule has 3 heterocycles. The van der Waals surface area contributed by atoms with Gasteiger partial charge in [0.05, 0.1) is 36.9 Å². The third-order valence-electron chi connectivity index (χ3n) is 8.92. The molecule has 0 saturated carbocycles. The number of carbonyl (C=O) groups excluding carboxylic acids is 2. The first kappa shape index (κ1) is 36.1. The van der Waals surface area contributed by atoms with Crippen molar-refractivity contribution in [3.05, 3.63) is 75.6 Å². The number of aromatic hydroxyl groups is 1. The number of amides is 2. The molecule has 2 aliphatic rings. The fraction of sp³-hybridized carbons (Fsp3) is 0.514. The van der Waals surface area contributed by atoms with Crippen LogP contribution in [0, 0.1) is 0 Å². The second kappa shape index (κ2) is 14.4. The number of aliphatic hydroxyl groups is 1. The standard InChI is InChI=1S/C35H43F3N4O7/c1-33(2,3)49-32(47)41(21-28(44)25-7-9-27(43)30-26(25)8-10-29(45)39-30)14-11-23-5-4-6-24(19-23)20-40-15-12-34(13-16-40)22-42(17-18-48-34)31(46)35(36,37)38/h4-10,19,28,43-44H,11-18,20-22H2,1-3H3,(H,39,45). The number of ether oxygens (including phenoxy) is 2. The number of phenolic OH excluding ortho intramolecular Hbond substituents is 1. The Bertz CT molecular complexity index is 1710. The number of aromatic nitrogens is 1. The number of pyridine rings is 1. The monoisotopic (exact) mass is 688 g/mol. The van der Waals surface area contributed by atoms with Crippen molar-refractivity contribution in [3.63, 3.8) is 0 Å². The van der Waals surface area contributed by atoms with Gasteiger partial charge in [0.1, 0.15) is 11.4 Å². The Kier molecular flexibility index (Phi) is 10.6. The minimum absolute atomic E-state index is 0.0694. The van der Waals surface area contributed by atoms with Gasteiger partial charge >= 0.3 is 18.2 Å². The van der Waals surface area contributed by atoms with Gasteiger partial charge in [-0.1, -0.05) is 30.3 Å². The van der Waals surface area contributed by atoms with Crippen LogP contribution in [0.3, 0.4) is 0 Å². The Morgan fingerprint density at radius 3 is 2.47 bits per heavy atom. The van der Waals surface area contributed by atoms with Crippen LogP contribution in [0.1, 0.15) is 56.4 Å². The molecule has 0 aliphatic carbocycles. The highest BCUT2D eigenvalue weighted by atomic mass is 19.4. The molecule has 3 N–H and O–H groups in total. The number of aliphatic hydroxyl groups excluding tert-OH is 1. The van der Waals surface area contributed by atoms with Crippen LogP contribution in [0.2, 0.25) is 0 Å². The Balaban J connectivity index is 1.22. The van der Waals surface area contributed by atoms with E-state index in [0.717, 1.165) is 16.0 Å². The first-order valence-electron chi connectivity index (χ1n) is 16.3. The number of benzene rings is 2. The smallest absolute Gasteiger partial charge is 0.471 e. The highest BCUT2D eigenvalue weighted by Crippen LogP contribution is 2.33. The molecule has 1 spiro atoms. The molecule has 11 nitrogen and oxygen atoms in total. The van der Waals surface area contributed by atoms with Crippen molar-refractivity contribution in [1.29, 1.82) is 0 Å². The van der Waals surface area contributed by atoms with E-state index in [1.807, 2.05) is 24.3 Å². The Morgan fingerprint density at radius 2 is 1.78 bits per heavy atom. The maximum absolute atomic E-state index is 13.3. The molecule has 2 amide bonds. The number of H-pyrrole nitrogens is 1. The van der Waals surface area contributed by atoms with E-state index in [9.17, 15) is 37.8 Å². The first-order chi connectivity index (χ1) is 23.0. The minimum atomic E-state index is -4.90. The maximum Gasteiger partial charge on any atom is 0.471 e. The van der Waals surface area contributed by atoms with Crippen molar-refractivity contribution in [2.75, 3.05) is 45.9 Å². The quantitative estimate of drug-likeness (QED) is 0.315. The average molecular weight is 689 g/mol. The number of morpholine rings is 1. The van der Waals surface area contributed by atoms with Crippen LogP contribution < -0.4 is 5.56 Å². The lowest BCUT2D eigenvalue weighted by Gasteiger charge is -2.47. The zero-order valence-corrected chi connectivity index (χ0v) is 27.9. The molecule has 49 heavy (non-hydrogen) atoms. The number of aromatic amines is 1. The predicted molar refractivity (Wildman–Crippen MR) is 175 cm³/mol. The van der Waals surface area contributed by atoms with Gasteiger partial charge in [-0.25, -0.2) is 4.79 Å². The van der Waals surface area contributed by atoms with E-state index < -0.39 is 41.0 Å². The summed E-state index contributed by atoms with van der Waals surface area (Å²) in [7, 11) is 0. The number of carbonyl (C=O) groups is 2. The number of nitrogens with zero attached hydrogens (tertiary/aromatic N) is 3. The summed E-state index contributed by atoms with van der Waals surface area (Å²) in [5.74, 6) is -1.96. The van der Waals surface area contributed by atoms with Gasteiger partial charge in [0, 0.05) is 44.2 Å². The summed E-state index contributed by atoms with van der Waals surface area (Å²) in [6.45, 7) is 7.15. The number of rotatable bonds is 8. The molecular formula is C35H43F3N4O7. The topological polar surface area (TPSA) is 136 Å². The molecule has 2 aliphatic heterocycles. The number of likely N-dealkylation sites (tertiary alicyclic amines) is 1. The van der Waals surface area contributed by atoms with Gasteiger partial charge in [-0.15, -0.1) is 0 Å². The molecular weight excluding hydrogens is 645 g/mol. The number of piperidine rings is 1. The molecule has 266 valence electrons. The summed E-state index contributed by atoms with van der Waals surface area (Å²) in [5.41, 5.74) is 0.658. The molecule has 2 saturated heterocycles. The number of phenols is 1. The van der Waals surface area contributed by atoms with Crippen LogP contribution in [0.4, 0.5) is 18.0 Å². The Hall–Kier alpha value is -4.14. The van der Waals surface area contributed by atoms with Gasteiger partial charge in [-0.3, -0.25) is 14.5 Å². The van der Waals surface area contributed by atoms with Gasteiger partial charge in [0.2, 0.25) is 5.56 Å². The number of hydrogen-bond acceptors (Lipinski definition) is 8. The second-order valence-electron chi connectivity index (χ2n) is 13.8. The lowest BCUT2D eigenvalue weighted by Crippen LogP contribution is -2.59. The van der Waals surface area contributed by atoms with Crippen LogP contribution in [-0.4, -0.2) is 105 Å². The Morgan fingerprint density at radius 1 is 1.06 bits per heavy atom. The summed E-state index contributed by atoms with van der Waals surface area (Å²) < 4.78 is 50.7. The van der Waals surface area contributed by atoms with Gasteiger partial charge in [0.15, 0.2) is 0 Å². The van der Waals surface area contributed by atoms with E-state index in [4.69, 9.17) is 9.47 Å². The van der Waals surface area contributed by atoms with E-state index in [1.54, 1.807) is 26.8 Å². The Labute approximate surface area is 282 Å². The second-order valence-corrected chi connectivity index (χ2v) is 13.8. The van der Waals surface area contributed by atoms with Crippen LogP contribution in [-0.2, 0) is 27.2 Å². The van der Waals surface area contributed by atoms with E-state index >= 15 is 0 Å². The van der Waals surface area contributed by atoms with Crippen molar-refractivity contribution in [3.8, 4) is 5.75 Å². The number of fused-ring (bicyclic) bond motifs is 1. The van der Waals surface area contributed by atoms with Crippen LogP contribution >= 0.6 is 0 Å². The van der Waals surface area contributed by atoms with E-state index in [1.165, 1.54) is 23.1 Å².